The number of fused-ring (bicyclic) bond motifs is 2. The van der Waals surface area contributed by atoms with Crippen LogP contribution in [0.15, 0.2) is 0 Å². The number of aliphatic hydroxyl groups excluding tert-OH is 1. The molecule has 4 aliphatic rings. The van der Waals surface area contributed by atoms with E-state index in [0.717, 1.165) is 12.8 Å². The Morgan fingerprint density at radius 3 is 1.58 bits per heavy atom. The predicted molar refractivity (Wildman–Crippen MR) is 124 cm³/mol. The van der Waals surface area contributed by atoms with Gasteiger partial charge in [-0.1, -0.05) is 0 Å². The van der Waals surface area contributed by atoms with Gasteiger partial charge in [-0.2, -0.15) is 0 Å². The highest BCUT2D eigenvalue weighted by molar-refractivity contribution is 6.45. The van der Waals surface area contributed by atoms with Gasteiger partial charge in [0.1, 0.15) is 12.2 Å². The first-order valence-corrected chi connectivity index (χ1v) is 12.0. The quantitative estimate of drug-likeness (QED) is 0.319. The van der Waals surface area contributed by atoms with E-state index >= 15 is 0 Å². The summed E-state index contributed by atoms with van der Waals surface area (Å²) >= 11 is 0. The molecule has 2 heterocycles. The van der Waals surface area contributed by atoms with Gasteiger partial charge < -0.3 is 49.3 Å². The molecule has 0 aromatic heterocycles. The summed E-state index contributed by atoms with van der Waals surface area (Å²) in [4.78, 5) is 0. The third-order valence-corrected chi connectivity index (χ3v) is 6.69. The topological polar surface area (TPSA) is 131 Å². The van der Waals surface area contributed by atoms with Gasteiger partial charge in [0.15, 0.2) is 11.6 Å². The summed E-state index contributed by atoms with van der Waals surface area (Å²) in [6.07, 6.45) is 1.58. The fraction of sp³-hybridized carbons (Fsp3) is 1.00. The molecule has 2 aliphatic carbocycles. The monoisotopic (exact) mass is 472 g/mol. The molecule has 4 fully saturated rings. The van der Waals surface area contributed by atoms with Crippen molar-refractivity contribution < 1.29 is 38.8 Å². The molecule has 10 nitrogen and oxygen atoms in total. The average Bonchev–Trinajstić information content (AvgIpc) is 3.35. The lowest BCUT2D eigenvalue weighted by Crippen LogP contribution is -2.46. The largest absolute Gasteiger partial charge is 0.437 e. The number of ether oxygens (including phenoxy) is 5. The Kier molecular flexibility index (Phi) is 8.92. The molecule has 2 aliphatic heterocycles. The third kappa shape index (κ3) is 6.69. The summed E-state index contributed by atoms with van der Waals surface area (Å²) in [6, 6.07) is 0.172. The molecule has 2 saturated carbocycles. The van der Waals surface area contributed by atoms with Crippen molar-refractivity contribution in [1.29, 1.82) is 0 Å². The Hall–Kier alpha value is -0.270. The van der Waals surface area contributed by atoms with Crippen molar-refractivity contribution in [2.45, 2.75) is 102 Å². The molecular weight excluding hydrogens is 430 g/mol. The standard InChI is InChI=1S/C11H22BNO4.C10H20BNO4/c1-11(2)16-9-7(6-15-4)5-8(10(9)17-11)13-12(3)14;1-10(2)15-8-6(5-13)4-7(9(8)16-10)12-11(3)14/h7-10,13-14H,5-6H2,1-4H3;6-9,12-14H,4-5H2,1-3H3. The van der Waals surface area contributed by atoms with Crippen molar-refractivity contribution in [1.82, 2.24) is 10.5 Å². The fourth-order valence-electron chi connectivity index (χ4n) is 5.68. The molecule has 0 bridgehead atoms. The second kappa shape index (κ2) is 10.8. The van der Waals surface area contributed by atoms with E-state index in [4.69, 9.17) is 23.7 Å². The first-order valence-electron chi connectivity index (χ1n) is 12.0. The van der Waals surface area contributed by atoms with E-state index in [-0.39, 0.29) is 49.0 Å². The molecule has 12 heteroatoms. The van der Waals surface area contributed by atoms with Crippen LogP contribution in [0, 0.1) is 11.8 Å². The Labute approximate surface area is 198 Å². The number of nitrogens with one attached hydrogen (secondary N) is 2. The second-order valence-electron chi connectivity index (χ2n) is 10.7. The van der Waals surface area contributed by atoms with Crippen LogP contribution in [-0.2, 0) is 23.7 Å². The van der Waals surface area contributed by atoms with Crippen molar-refractivity contribution >= 4 is 14.1 Å². The zero-order valence-corrected chi connectivity index (χ0v) is 21.0. The number of aliphatic hydroxyl groups is 1. The molecule has 190 valence electrons. The lowest BCUT2D eigenvalue weighted by atomic mass is 9.86. The highest BCUT2D eigenvalue weighted by Crippen LogP contribution is 2.42. The van der Waals surface area contributed by atoms with Crippen LogP contribution >= 0.6 is 0 Å². The van der Waals surface area contributed by atoms with E-state index in [1.165, 1.54) is 0 Å². The molecule has 0 radical (unpaired) electrons. The van der Waals surface area contributed by atoms with Crippen molar-refractivity contribution in [3.63, 3.8) is 0 Å². The van der Waals surface area contributed by atoms with Gasteiger partial charge >= 0.3 is 14.1 Å². The molecule has 0 amide bonds. The van der Waals surface area contributed by atoms with E-state index in [2.05, 4.69) is 10.5 Å². The molecule has 8 unspecified atom stereocenters. The van der Waals surface area contributed by atoms with Crippen LogP contribution in [0.1, 0.15) is 40.5 Å². The van der Waals surface area contributed by atoms with Crippen LogP contribution in [0.25, 0.3) is 0 Å². The Bertz CT molecular complexity index is 641. The molecule has 4 rings (SSSR count). The number of rotatable bonds is 7. The van der Waals surface area contributed by atoms with Crippen LogP contribution in [0.4, 0.5) is 0 Å². The molecule has 2 saturated heterocycles. The molecular formula is C21H42B2N2O8. The minimum absolute atomic E-state index is 0.000231. The smallest absolute Gasteiger partial charge is 0.373 e. The maximum absolute atomic E-state index is 9.44. The summed E-state index contributed by atoms with van der Waals surface area (Å²) in [7, 11) is 0.593. The van der Waals surface area contributed by atoms with Crippen LogP contribution in [0.5, 0.6) is 0 Å². The van der Waals surface area contributed by atoms with Crippen LogP contribution < -0.4 is 10.5 Å². The summed E-state index contributed by atoms with van der Waals surface area (Å²) in [5.74, 6) is -0.728. The van der Waals surface area contributed by atoms with Gasteiger partial charge in [-0.3, -0.25) is 0 Å². The van der Waals surface area contributed by atoms with Gasteiger partial charge in [0.05, 0.1) is 18.8 Å². The molecule has 0 aromatic carbocycles. The SMILES string of the molecule is CB(O)NC1CC(CO)C2OC(C)(C)OC12.COCC1CC(NB(C)O)C2OC(C)(C)OC12. The van der Waals surface area contributed by atoms with E-state index in [1.807, 2.05) is 27.7 Å². The number of methoxy groups -OCH3 is 1. The van der Waals surface area contributed by atoms with Gasteiger partial charge in [0, 0.05) is 37.6 Å². The highest BCUT2D eigenvalue weighted by Gasteiger charge is 2.55. The molecule has 33 heavy (non-hydrogen) atoms. The van der Waals surface area contributed by atoms with Crippen LogP contribution in [-0.4, -0.2) is 97.7 Å². The van der Waals surface area contributed by atoms with Gasteiger partial charge in [-0.15, -0.1) is 0 Å². The molecule has 8 atom stereocenters. The van der Waals surface area contributed by atoms with Crippen molar-refractivity contribution in [2.75, 3.05) is 20.3 Å². The van der Waals surface area contributed by atoms with E-state index in [9.17, 15) is 15.2 Å². The lowest BCUT2D eigenvalue weighted by molar-refractivity contribution is -0.160. The molecule has 0 spiro atoms. The normalized spacial score (nSPS) is 40.2. The lowest BCUT2D eigenvalue weighted by Gasteiger charge is -2.24. The predicted octanol–water partition coefficient (Wildman–Crippen LogP) is -0.171. The fourth-order valence-corrected chi connectivity index (χ4v) is 5.68. The Morgan fingerprint density at radius 1 is 0.788 bits per heavy atom. The summed E-state index contributed by atoms with van der Waals surface area (Å²) < 4.78 is 28.7. The maximum atomic E-state index is 9.44. The first kappa shape index (κ1) is 27.3. The van der Waals surface area contributed by atoms with Crippen molar-refractivity contribution in [3.8, 4) is 0 Å². The average molecular weight is 472 g/mol. The third-order valence-electron chi connectivity index (χ3n) is 6.69. The van der Waals surface area contributed by atoms with Gasteiger partial charge in [0.25, 0.3) is 0 Å². The summed E-state index contributed by atoms with van der Waals surface area (Å²) in [5, 5.41) is 34.3. The van der Waals surface area contributed by atoms with E-state index < -0.39 is 25.7 Å². The number of hydrogen-bond acceptors (Lipinski definition) is 10. The minimum atomic E-state index is -0.595. The van der Waals surface area contributed by atoms with Gasteiger partial charge in [-0.05, 0) is 54.2 Å². The van der Waals surface area contributed by atoms with E-state index in [1.54, 1.807) is 20.8 Å². The first-order chi connectivity index (χ1) is 15.4. The minimum Gasteiger partial charge on any atom is -0.437 e. The Balaban J connectivity index is 0.000000186. The zero-order chi connectivity index (χ0) is 24.6. The zero-order valence-electron chi connectivity index (χ0n) is 21.0. The Morgan fingerprint density at radius 2 is 1.18 bits per heavy atom. The van der Waals surface area contributed by atoms with Gasteiger partial charge in [0.2, 0.25) is 0 Å². The summed E-state index contributed by atoms with van der Waals surface area (Å²) in [5.41, 5.74) is 0. The van der Waals surface area contributed by atoms with Crippen LogP contribution in [0.2, 0.25) is 13.6 Å². The van der Waals surface area contributed by atoms with E-state index in [0.29, 0.717) is 12.5 Å². The van der Waals surface area contributed by atoms with Gasteiger partial charge in [-0.25, -0.2) is 0 Å². The van der Waals surface area contributed by atoms with Crippen molar-refractivity contribution in [3.05, 3.63) is 0 Å². The highest BCUT2D eigenvalue weighted by atomic mass is 16.8. The maximum Gasteiger partial charge on any atom is 0.373 e. The van der Waals surface area contributed by atoms with Crippen LogP contribution in [0.3, 0.4) is 0 Å². The molecule has 0 aromatic rings. The second-order valence-corrected chi connectivity index (χ2v) is 10.7. The number of hydrogen-bond donors (Lipinski definition) is 5. The van der Waals surface area contributed by atoms with Crippen molar-refractivity contribution in [2.24, 2.45) is 11.8 Å². The molecule has 5 N–H and O–H groups in total. The summed E-state index contributed by atoms with van der Waals surface area (Å²) in [6.45, 7) is 11.8.